The fraction of sp³-hybridized carbons (Fsp3) is 0. The first-order valence-electron chi connectivity index (χ1n) is 9.89. The van der Waals surface area contributed by atoms with Gasteiger partial charge in [0.25, 0.3) is 35.4 Å². The third-order valence-electron chi connectivity index (χ3n) is 5.20. The van der Waals surface area contributed by atoms with Crippen LogP contribution in [0.15, 0.2) is 54.6 Å². The first-order valence-corrected chi connectivity index (χ1v) is 9.89. The van der Waals surface area contributed by atoms with Gasteiger partial charge in [-0.2, -0.15) is 0 Å². The van der Waals surface area contributed by atoms with E-state index in [4.69, 9.17) is 0 Å². The third kappa shape index (κ3) is 3.56. The van der Waals surface area contributed by atoms with Crippen molar-refractivity contribution in [3.05, 3.63) is 88.2 Å². The molecule has 166 valence electrons. The zero-order chi connectivity index (χ0) is 24.0. The fourth-order valence-corrected chi connectivity index (χ4v) is 3.57. The Kier molecular flexibility index (Phi) is 4.71. The van der Waals surface area contributed by atoms with Crippen molar-refractivity contribution < 1.29 is 28.8 Å². The van der Waals surface area contributed by atoms with Gasteiger partial charge in [0.15, 0.2) is 0 Å². The van der Waals surface area contributed by atoms with Crippen molar-refractivity contribution in [1.29, 1.82) is 0 Å². The summed E-state index contributed by atoms with van der Waals surface area (Å²) in [7, 11) is 0. The maximum Gasteiger partial charge on any atom is 0.274 e. The number of hydrogen-bond donors (Lipinski definition) is 4. The highest BCUT2D eigenvalue weighted by molar-refractivity contribution is 6.23. The predicted octanol–water partition coefficient (Wildman–Crippen LogP) is 1.35. The molecule has 0 radical (unpaired) electrons. The van der Waals surface area contributed by atoms with Crippen molar-refractivity contribution in [1.82, 2.24) is 15.6 Å². The molecule has 2 aliphatic rings. The lowest BCUT2D eigenvalue weighted by molar-refractivity contribution is 0.0863. The van der Waals surface area contributed by atoms with Crippen LogP contribution >= 0.6 is 0 Å². The van der Waals surface area contributed by atoms with Crippen molar-refractivity contribution in [2.24, 2.45) is 0 Å². The zero-order valence-electron chi connectivity index (χ0n) is 17.1. The molecule has 3 aromatic rings. The maximum atomic E-state index is 12.6. The number of fused-ring (bicyclic) bond motifs is 2. The summed E-state index contributed by atoms with van der Waals surface area (Å²) >= 11 is 0. The summed E-state index contributed by atoms with van der Waals surface area (Å²) in [5, 5.41) is 9.48. The molecular formula is C23H13N5O6. The van der Waals surface area contributed by atoms with Gasteiger partial charge in [0.2, 0.25) is 0 Å². The lowest BCUT2D eigenvalue weighted by atomic mass is 10.1. The highest BCUT2D eigenvalue weighted by Gasteiger charge is 2.28. The predicted molar refractivity (Wildman–Crippen MR) is 117 cm³/mol. The second kappa shape index (κ2) is 7.74. The van der Waals surface area contributed by atoms with Gasteiger partial charge in [-0.05, 0) is 48.5 Å². The molecule has 3 heterocycles. The van der Waals surface area contributed by atoms with Gasteiger partial charge >= 0.3 is 0 Å². The molecule has 0 bridgehead atoms. The molecule has 0 unspecified atom stereocenters. The van der Waals surface area contributed by atoms with Crippen LogP contribution in [0.3, 0.4) is 0 Å². The SMILES string of the molecule is O=C(Nc1ccc2c(c1)C(=O)NC2=O)c1cccc(C(=O)Nc2ccc3c(c2)C(=O)NC3=O)n1. The van der Waals surface area contributed by atoms with Crippen LogP contribution in [0.1, 0.15) is 62.4 Å². The molecule has 11 nitrogen and oxygen atoms in total. The average Bonchev–Trinajstić information content (AvgIpc) is 3.27. The third-order valence-corrected chi connectivity index (χ3v) is 5.20. The topological polar surface area (TPSA) is 163 Å². The Morgan fingerprint density at radius 1 is 0.588 bits per heavy atom. The fourth-order valence-electron chi connectivity index (χ4n) is 3.57. The van der Waals surface area contributed by atoms with Crippen molar-refractivity contribution in [2.45, 2.75) is 0 Å². The molecule has 2 aliphatic heterocycles. The Morgan fingerprint density at radius 2 is 1.00 bits per heavy atom. The highest BCUT2D eigenvalue weighted by Crippen LogP contribution is 2.22. The number of carbonyl (C=O) groups excluding carboxylic acids is 6. The number of aromatic nitrogens is 1. The lowest BCUT2D eigenvalue weighted by Crippen LogP contribution is -2.20. The molecule has 1 aromatic heterocycles. The van der Waals surface area contributed by atoms with E-state index in [2.05, 4.69) is 26.3 Å². The Hall–Kier alpha value is -5.19. The van der Waals surface area contributed by atoms with E-state index in [1.165, 1.54) is 54.6 Å². The molecule has 0 fully saturated rings. The minimum atomic E-state index is -0.632. The standard InChI is InChI=1S/C23H13N5O6/c29-18-12-6-4-10(8-14(12)20(31)27-18)24-22(33)16-2-1-3-17(26-16)23(34)25-11-5-7-13-15(9-11)21(32)28-19(13)30/h1-9H,(H,24,33)(H,25,34)(H,27,29,31)(H,28,30,32). The second-order valence-electron chi connectivity index (χ2n) is 7.40. The van der Waals surface area contributed by atoms with E-state index in [1.54, 1.807) is 0 Å². The minimum absolute atomic E-state index is 0.0624. The molecular weight excluding hydrogens is 442 g/mol. The van der Waals surface area contributed by atoms with Crippen LogP contribution < -0.4 is 21.3 Å². The zero-order valence-corrected chi connectivity index (χ0v) is 17.1. The van der Waals surface area contributed by atoms with Gasteiger partial charge in [0, 0.05) is 11.4 Å². The minimum Gasteiger partial charge on any atom is -0.321 e. The second-order valence-corrected chi connectivity index (χ2v) is 7.40. The quantitative estimate of drug-likeness (QED) is 0.431. The molecule has 11 heteroatoms. The molecule has 0 saturated carbocycles. The van der Waals surface area contributed by atoms with E-state index in [9.17, 15) is 28.8 Å². The van der Waals surface area contributed by atoms with Crippen molar-refractivity contribution >= 4 is 46.8 Å². The first kappa shape index (κ1) is 20.7. The molecule has 4 N–H and O–H groups in total. The smallest absolute Gasteiger partial charge is 0.274 e. The Labute approximate surface area is 190 Å². The Bertz CT molecular complexity index is 1370. The van der Waals surface area contributed by atoms with E-state index < -0.39 is 35.4 Å². The van der Waals surface area contributed by atoms with E-state index in [1.807, 2.05) is 0 Å². The van der Waals surface area contributed by atoms with E-state index in [0.717, 1.165) is 0 Å². The number of imide groups is 2. The summed E-state index contributed by atoms with van der Waals surface area (Å²) in [5.74, 6) is -3.38. The number of nitrogens with zero attached hydrogens (tertiary/aromatic N) is 1. The van der Waals surface area contributed by atoms with Crippen LogP contribution in [-0.2, 0) is 0 Å². The molecule has 0 spiro atoms. The Balaban J connectivity index is 1.32. The number of benzene rings is 2. The number of pyridine rings is 1. The number of rotatable bonds is 4. The summed E-state index contributed by atoms with van der Waals surface area (Å²) in [4.78, 5) is 76.3. The summed E-state index contributed by atoms with van der Waals surface area (Å²) in [6.45, 7) is 0. The van der Waals surface area contributed by atoms with Crippen LogP contribution in [0, 0.1) is 0 Å². The van der Waals surface area contributed by atoms with Gasteiger partial charge in [-0.3, -0.25) is 39.4 Å². The largest absolute Gasteiger partial charge is 0.321 e. The Morgan fingerprint density at radius 3 is 1.44 bits per heavy atom. The maximum absolute atomic E-state index is 12.6. The van der Waals surface area contributed by atoms with Gasteiger partial charge < -0.3 is 10.6 Å². The van der Waals surface area contributed by atoms with Gasteiger partial charge in [-0.25, -0.2) is 4.98 Å². The normalized spacial score (nSPS) is 13.6. The van der Waals surface area contributed by atoms with Crippen molar-refractivity contribution in [2.75, 3.05) is 10.6 Å². The number of hydrogen-bond acceptors (Lipinski definition) is 7. The number of carbonyl (C=O) groups is 6. The highest BCUT2D eigenvalue weighted by atomic mass is 16.2. The molecule has 5 rings (SSSR count). The summed E-state index contributed by atoms with van der Waals surface area (Å²) in [6, 6.07) is 12.8. The summed E-state index contributed by atoms with van der Waals surface area (Å²) < 4.78 is 0. The van der Waals surface area contributed by atoms with Crippen LogP contribution in [-0.4, -0.2) is 40.4 Å². The number of nitrogens with one attached hydrogen (secondary N) is 4. The summed E-state index contributed by atoms with van der Waals surface area (Å²) in [6.07, 6.45) is 0. The van der Waals surface area contributed by atoms with Gasteiger partial charge in [-0.15, -0.1) is 0 Å². The first-order chi connectivity index (χ1) is 16.3. The molecule has 0 atom stereocenters. The summed E-state index contributed by atoms with van der Waals surface area (Å²) in [5.41, 5.74) is 1.15. The van der Waals surface area contributed by atoms with Crippen molar-refractivity contribution in [3.63, 3.8) is 0 Å². The van der Waals surface area contributed by atoms with Crippen LogP contribution in [0.25, 0.3) is 0 Å². The van der Waals surface area contributed by atoms with E-state index >= 15 is 0 Å². The van der Waals surface area contributed by atoms with Gasteiger partial charge in [0.1, 0.15) is 11.4 Å². The molecule has 0 aliphatic carbocycles. The average molecular weight is 455 g/mol. The van der Waals surface area contributed by atoms with Crippen LogP contribution in [0.2, 0.25) is 0 Å². The van der Waals surface area contributed by atoms with Crippen LogP contribution in [0.4, 0.5) is 11.4 Å². The van der Waals surface area contributed by atoms with Gasteiger partial charge in [0.05, 0.1) is 22.3 Å². The molecule has 0 saturated heterocycles. The van der Waals surface area contributed by atoms with E-state index in [-0.39, 0.29) is 45.0 Å². The molecule has 2 aromatic carbocycles. The molecule has 34 heavy (non-hydrogen) atoms. The van der Waals surface area contributed by atoms with Gasteiger partial charge in [-0.1, -0.05) is 6.07 Å². The number of amides is 6. The molecule has 6 amide bonds. The van der Waals surface area contributed by atoms with Crippen LogP contribution in [0.5, 0.6) is 0 Å². The van der Waals surface area contributed by atoms with E-state index in [0.29, 0.717) is 0 Å². The monoisotopic (exact) mass is 455 g/mol. The number of anilines is 2. The van der Waals surface area contributed by atoms with Crippen molar-refractivity contribution in [3.8, 4) is 0 Å². The lowest BCUT2D eigenvalue weighted by Gasteiger charge is -2.08.